The summed E-state index contributed by atoms with van der Waals surface area (Å²) in [5.74, 6) is -0.462. The minimum Gasteiger partial charge on any atom is -0.297 e. The molecule has 0 unspecified atom stereocenters. The van der Waals surface area contributed by atoms with Crippen molar-refractivity contribution in [3.63, 3.8) is 0 Å². The summed E-state index contributed by atoms with van der Waals surface area (Å²) in [6.07, 6.45) is 1.55. The number of fused-ring (bicyclic) bond motifs is 1. The maximum absolute atomic E-state index is 12.8. The fourth-order valence-electron chi connectivity index (χ4n) is 2.07. The second-order valence-corrected chi connectivity index (χ2v) is 5.57. The van der Waals surface area contributed by atoms with Crippen molar-refractivity contribution < 1.29 is 9.18 Å². The molecule has 6 heteroatoms. The van der Waals surface area contributed by atoms with Crippen LogP contribution in [-0.2, 0) is 17.8 Å². The average molecular weight is 302 g/mol. The third kappa shape index (κ3) is 2.90. The Morgan fingerprint density at radius 1 is 1.24 bits per heavy atom. The Morgan fingerprint density at radius 3 is 2.76 bits per heavy atom. The first-order chi connectivity index (χ1) is 10.1. The molecule has 106 valence electrons. The molecule has 3 rings (SSSR count). The lowest BCUT2D eigenvalue weighted by Crippen LogP contribution is -2.24. The number of carbonyl (C=O) groups is 1. The second-order valence-electron chi connectivity index (χ2n) is 4.65. The van der Waals surface area contributed by atoms with Crippen molar-refractivity contribution in [1.29, 1.82) is 0 Å². The zero-order valence-electron chi connectivity index (χ0n) is 11.0. The van der Waals surface area contributed by atoms with Crippen molar-refractivity contribution in [1.82, 2.24) is 9.55 Å². The summed E-state index contributed by atoms with van der Waals surface area (Å²) in [5.41, 5.74) is 1.16. The number of benzene rings is 1. The van der Waals surface area contributed by atoms with Gasteiger partial charge in [-0.05, 0) is 29.1 Å². The number of halogens is 1. The SMILES string of the molecule is O=C(Cc1ccc(F)cc1)Cn1cnc2ccsc2c1=O. The fraction of sp³-hybridized carbons (Fsp3) is 0.133. The van der Waals surface area contributed by atoms with Crippen molar-refractivity contribution in [2.75, 3.05) is 0 Å². The largest absolute Gasteiger partial charge is 0.297 e. The molecule has 1 aromatic carbocycles. The molecule has 0 spiro atoms. The van der Waals surface area contributed by atoms with Gasteiger partial charge in [-0.2, -0.15) is 0 Å². The van der Waals surface area contributed by atoms with Crippen molar-refractivity contribution in [3.05, 3.63) is 63.8 Å². The molecule has 0 aliphatic carbocycles. The van der Waals surface area contributed by atoms with Gasteiger partial charge in [0.05, 0.1) is 18.4 Å². The van der Waals surface area contributed by atoms with Crippen LogP contribution in [0.1, 0.15) is 5.56 Å². The molecule has 0 amide bonds. The van der Waals surface area contributed by atoms with Gasteiger partial charge >= 0.3 is 0 Å². The lowest BCUT2D eigenvalue weighted by atomic mass is 10.1. The van der Waals surface area contributed by atoms with E-state index in [0.717, 1.165) is 5.56 Å². The van der Waals surface area contributed by atoms with Gasteiger partial charge in [-0.15, -0.1) is 11.3 Å². The number of aromatic nitrogens is 2. The highest BCUT2D eigenvalue weighted by molar-refractivity contribution is 7.17. The van der Waals surface area contributed by atoms with E-state index in [1.54, 1.807) is 23.6 Å². The van der Waals surface area contributed by atoms with Gasteiger partial charge < -0.3 is 0 Å². The molecule has 0 radical (unpaired) electrons. The van der Waals surface area contributed by atoms with Gasteiger partial charge in [-0.3, -0.25) is 14.2 Å². The van der Waals surface area contributed by atoms with Crippen LogP contribution in [0.25, 0.3) is 10.2 Å². The predicted octanol–water partition coefficient (Wildman–Crippen LogP) is 2.41. The van der Waals surface area contributed by atoms with Crippen molar-refractivity contribution >= 4 is 27.3 Å². The van der Waals surface area contributed by atoms with Crippen LogP contribution in [0, 0.1) is 5.82 Å². The molecule has 0 bridgehead atoms. The number of hydrogen-bond acceptors (Lipinski definition) is 4. The predicted molar refractivity (Wildman–Crippen MR) is 79.0 cm³/mol. The fourth-order valence-corrected chi connectivity index (χ4v) is 2.86. The molecular weight excluding hydrogens is 291 g/mol. The molecular formula is C15H11FN2O2S. The molecule has 0 saturated carbocycles. The Balaban J connectivity index is 1.78. The van der Waals surface area contributed by atoms with Crippen LogP contribution in [0.5, 0.6) is 0 Å². The van der Waals surface area contributed by atoms with Crippen LogP contribution in [0.2, 0.25) is 0 Å². The molecule has 0 N–H and O–H groups in total. The quantitative estimate of drug-likeness (QED) is 0.743. The van der Waals surface area contributed by atoms with Crippen LogP contribution in [0.3, 0.4) is 0 Å². The van der Waals surface area contributed by atoms with Gasteiger partial charge in [-0.25, -0.2) is 9.37 Å². The monoisotopic (exact) mass is 302 g/mol. The summed E-state index contributed by atoms with van der Waals surface area (Å²) in [7, 11) is 0. The molecule has 0 aliphatic heterocycles. The van der Waals surface area contributed by atoms with Gasteiger partial charge in [0.25, 0.3) is 5.56 Å². The molecule has 3 aromatic rings. The third-order valence-electron chi connectivity index (χ3n) is 3.10. The van der Waals surface area contributed by atoms with Crippen LogP contribution >= 0.6 is 11.3 Å². The maximum atomic E-state index is 12.8. The van der Waals surface area contributed by atoms with E-state index >= 15 is 0 Å². The smallest absolute Gasteiger partial charge is 0.271 e. The summed E-state index contributed by atoms with van der Waals surface area (Å²) < 4.78 is 14.7. The normalized spacial score (nSPS) is 10.9. The Bertz CT molecular complexity index is 852. The minimum absolute atomic E-state index is 0.0307. The topological polar surface area (TPSA) is 52.0 Å². The molecule has 0 fully saturated rings. The molecule has 0 aliphatic rings. The lowest BCUT2D eigenvalue weighted by molar-refractivity contribution is -0.119. The van der Waals surface area contributed by atoms with E-state index in [9.17, 15) is 14.0 Å². The zero-order valence-corrected chi connectivity index (χ0v) is 11.8. The van der Waals surface area contributed by atoms with Crippen molar-refractivity contribution in [3.8, 4) is 0 Å². The van der Waals surface area contributed by atoms with Gasteiger partial charge in [-0.1, -0.05) is 12.1 Å². The Hall–Kier alpha value is -2.34. The molecule has 0 saturated heterocycles. The Kier molecular flexibility index (Phi) is 3.62. The number of ketones is 1. The first kappa shape index (κ1) is 13.6. The molecule has 2 aromatic heterocycles. The third-order valence-corrected chi connectivity index (χ3v) is 3.99. The van der Waals surface area contributed by atoms with Crippen molar-refractivity contribution in [2.24, 2.45) is 0 Å². The summed E-state index contributed by atoms with van der Waals surface area (Å²) in [6, 6.07) is 7.53. The number of nitrogens with zero attached hydrogens (tertiary/aromatic N) is 2. The highest BCUT2D eigenvalue weighted by Gasteiger charge is 2.09. The maximum Gasteiger partial charge on any atom is 0.271 e. The van der Waals surface area contributed by atoms with E-state index in [4.69, 9.17) is 0 Å². The van der Waals surface area contributed by atoms with E-state index in [1.807, 2.05) is 0 Å². The minimum atomic E-state index is -0.338. The van der Waals surface area contributed by atoms with E-state index in [1.165, 1.54) is 34.4 Å². The summed E-state index contributed by atoms with van der Waals surface area (Å²) in [4.78, 5) is 28.3. The standard InChI is InChI=1S/C15H11FN2O2S/c16-11-3-1-10(2-4-11)7-12(19)8-18-9-17-13-5-6-21-14(13)15(18)20/h1-6,9H,7-8H2. The Labute approximate surface area is 123 Å². The lowest BCUT2D eigenvalue weighted by Gasteiger charge is -2.05. The number of carbonyl (C=O) groups excluding carboxylic acids is 1. The van der Waals surface area contributed by atoms with E-state index in [2.05, 4.69) is 4.98 Å². The second kappa shape index (κ2) is 5.57. The van der Waals surface area contributed by atoms with Crippen LogP contribution < -0.4 is 5.56 Å². The van der Waals surface area contributed by atoms with E-state index in [-0.39, 0.29) is 30.1 Å². The highest BCUT2D eigenvalue weighted by Crippen LogP contribution is 2.13. The molecule has 2 heterocycles. The van der Waals surface area contributed by atoms with Gasteiger partial charge in [0.2, 0.25) is 0 Å². The van der Waals surface area contributed by atoms with Crippen LogP contribution in [-0.4, -0.2) is 15.3 Å². The summed E-state index contributed by atoms with van der Waals surface area (Å²) in [5, 5.41) is 1.80. The zero-order chi connectivity index (χ0) is 14.8. The molecule has 21 heavy (non-hydrogen) atoms. The van der Waals surface area contributed by atoms with Gasteiger partial charge in [0.15, 0.2) is 5.78 Å². The van der Waals surface area contributed by atoms with Gasteiger partial charge in [0, 0.05) is 6.42 Å². The average Bonchev–Trinajstić information content (AvgIpc) is 2.94. The molecule has 4 nitrogen and oxygen atoms in total. The number of Topliss-reactive ketones (excluding diaryl/α,β-unsaturated/α-hetero) is 1. The number of thiophene rings is 1. The van der Waals surface area contributed by atoms with Gasteiger partial charge in [0.1, 0.15) is 10.5 Å². The van der Waals surface area contributed by atoms with Crippen LogP contribution in [0.15, 0.2) is 46.8 Å². The number of hydrogen-bond donors (Lipinski definition) is 0. The first-order valence-electron chi connectivity index (χ1n) is 6.32. The molecule has 0 atom stereocenters. The first-order valence-corrected chi connectivity index (χ1v) is 7.20. The summed E-state index contributed by atoms with van der Waals surface area (Å²) in [6.45, 7) is -0.0307. The van der Waals surface area contributed by atoms with Crippen LogP contribution in [0.4, 0.5) is 4.39 Å². The van der Waals surface area contributed by atoms with Crippen molar-refractivity contribution in [2.45, 2.75) is 13.0 Å². The Morgan fingerprint density at radius 2 is 2.00 bits per heavy atom. The van der Waals surface area contributed by atoms with E-state index < -0.39 is 0 Å². The highest BCUT2D eigenvalue weighted by atomic mass is 32.1. The van der Waals surface area contributed by atoms with E-state index in [0.29, 0.717) is 10.2 Å². The summed E-state index contributed by atoms with van der Waals surface area (Å²) >= 11 is 1.31. The number of rotatable bonds is 4.